The molecule has 16 heteroatoms. The predicted molar refractivity (Wildman–Crippen MR) is 480 cm³/mol. The third-order valence-corrected chi connectivity index (χ3v) is 19.8. The number of anilines is 4. The summed E-state index contributed by atoms with van der Waals surface area (Å²) in [5.41, 5.74) is 15.3. The van der Waals surface area contributed by atoms with E-state index in [1.54, 1.807) is 0 Å². The lowest BCUT2D eigenvalue weighted by Crippen LogP contribution is -2.19. The van der Waals surface area contributed by atoms with Gasteiger partial charge in [-0.05, 0) is 197 Å². The minimum atomic E-state index is -0.106. The van der Waals surface area contributed by atoms with Gasteiger partial charge in [0.1, 0.15) is 0 Å². The highest BCUT2D eigenvalue weighted by atomic mass is 15.2. The van der Waals surface area contributed by atoms with Crippen molar-refractivity contribution in [2.75, 3.05) is 21.3 Å². The second-order valence-electron chi connectivity index (χ2n) is 37.5. The Morgan fingerprint density at radius 1 is 0.214 bits per heavy atom. The lowest BCUT2D eigenvalue weighted by atomic mass is 9.87. The highest BCUT2D eigenvalue weighted by Gasteiger charge is 2.33. The molecule has 0 radical (unpaired) electrons. The van der Waals surface area contributed by atoms with Gasteiger partial charge < -0.3 is 21.3 Å². The Morgan fingerprint density at radius 2 is 0.384 bits per heavy atom. The molecule has 0 atom stereocenters. The van der Waals surface area contributed by atoms with Crippen molar-refractivity contribution >= 4 is 116 Å². The molecule has 112 heavy (non-hydrogen) atoms. The maximum atomic E-state index is 5.55. The fourth-order valence-electron chi connectivity index (χ4n) is 12.6. The number of hydrogen-bond acceptors (Lipinski definition) is 12. The molecule has 0 aliphatic carbocycles. The van der Waals surface area contributed by atoms with Gasteiger partial charge in [0.15, 0.2) is 70.0 Å². The molecule has 0 saturated carbocycles. The average molecular weight is 1490 g/mol. The van der Waals surface area contributed by atoms with Crippen molar-refractivity contribution in [3.63, 3.8) is 0 Å². The summed E-state index contributed by atoms with van der Waals surface area (Å²) in [4.78, 5) is 64.9. The van der Waals surface area contributed by atoms with Gasteiger partial charge in [0.25, 0.3) is 0 Å². The minimum absolute atomic E-state index is 0.0812. The first-order valence-corrected chi connectivity index (χ1v) is 38.8. The molecule has 0 spiro atoms. The van der Waals surface area contributed by atoms with E-state index in [4.69, 9.17) is 59.9 Å². The minimum Gasteiger partial charge on any atom is -0.337 e. The van der Waals surface area contributed by atoms with Crippen LogP contribution in [-0.4, -0.2) is 70.0 Å². The van der Waals surface area contributed by atoms with Crippen LogP contribution in [0.25, 0.3) is 0 Å². The SMILES string of the molecule is CC(C)(C)c1ccc(N=C2N=C(/C=C(C3=NC(=Nc4ccc(C(C)(C)C)cc4)C(Nc4ccc(C(C)(C)C)cc4)=N3)/C(=C\C3=NC(=Nc4ccc(C(C)(C)C)cc4)C(Nc4ccc(C(C)(C)C)cc4)=N3)C3=NC(=Nc4ccc(C(C)(C)C)cc4)C(Nc4ccc(C(C)(C)C)cc4)=N3)N=C2Nc2ccc(C(C)(C)C)cc2)cc1. The fraction of sp³-hybridized carbons (Fsp3) is 0.333. The Balaban J connectivity index is 1.15. The van der Waals surface area contributed by atoms with E-state index < -0.39 is 0 Å². The first-order chi connectivity index (χ1) is 52.4. The number of aliphatic imine (C=N–C) groups is 12. The maximum absolute atomic E-state index is 5.55. The summed E-state index contributed by atoms with van der Waals surface area (Å²) in [5, 5.41) is 14.6. The van der Waals surface area contributed by atoms with E-state index in [0.29, 0.717) is 80.6 Å². The van der Waals surface area contributed by atoms with Crippen molar-refractivity contribution in [1.82, 2.24) is 0 Å². The van der Waals surface area contributed by atoms with Crippen LogP contribution >= 0.6 is 0 Å². The molecular weight excluding hydrogens is 1380 g/mol. The molecule has 12 rings (SSSR count). The van der Waals surface area contributed by atoms with Crippen LogP contribution in [0, 0.1) is 0 Å². The normalized spacial score (nSPS) is 17.0. The van der Waals surface area contributed by atoms with Crippen molar-refractivity contribution in [3.8, 4) is 0 Å². The Hall–Kier alpha value is -11.5. The van der Waals surface area contributed by atoms with Gasteiger partial charge in [0, 0.05) is 33.9 Å². The Bertz CT molecular complexity index is 4980. The topological polar surface area (TPSA) is 196 Å². The molecule has 0 fully saturated rings. The Morgan fingerprint density at radius 3 is 0.571 bits per heavy atom. The molecule has 4 aliphatic heterocycles. The molecule has 574 valence electrons. The summed E-state index contributed by atoms with van der Waals surface area (Å²) >= 11 is 0. The van der Waals surface area contributed by atoms with Crippen molar-refractivity contribution in [3.05, 3.63) is 262 Å². The number of nitrogens with zero attached hydrogens (tertiary/aromatic N) is 12. The van der Waals surface area contributed by atoms with Crippen molar-refractivity contribution in [1.29, 1.82) is 0 Å². The van der Waals surface area contributed by atoms with Gasteiger partial charge in [-0.25, -0.2) is 59.9 Å². The van der Waals surface area contributed by atoms with E-state index in [0.717, 1.165) is 33.9 Å². The van der Waals surface area contributed by atoms with Crippen LogP contribution < -0.4 is 21.3 Å². The van der Waals surface area contributed by atoms with Crippen LogP contribution in [0.1, 0.15) is 211 Å². The zero-order chi connectivity index (χ0) is 80.7. The van der Waals surface area contributed by atoms with Crippen LogP contribution in [0.5, 0.6) is 0 Å². The van der Waals surface area contributed by atoms with Crippen LogP contribution in [0.2, 0.25) is 0 Å². The zero-order valence-electron chi connectivity index (χ0n) is 70.0. The molecule has 0 unspecified atom stereocenters. The molecule has 4 N–H and O–H groups in total. The second kappa shape index (κ2) is 31.0. The molecule has 8 aromatic carbocycles. The number of rotatable bonds is 13. The third-order valence-electron chi connectivity index (χ3n) is 19.8. The largest absolute Gasteiger partial charge is 0.337 e. The van der Waals surface area contributed by atoms with E-state index in [-0.39, 0.29) is 66.7 Å². The fourth-order valence-corrected chi connectivity index (χ4v) is 12.6. The van der Waals surface area contributed by atoms with Crippen molar-refractivity contribution in [2.45, 2.75) is 209 Å². The van der Waals surface area contributed by atoms with Crippen LogP contribution in [0.15, 0.2) is 277 Å². The summed E-state index contributed by atoms with van der Waals surface area (Å²) in [5.74, 6) is 3.88. The summed E-state index contributed by atoms with van der Waals surface area (Å²) in [7, 11) is 0. The average Bonchev–Trinajstić information content (AvgIpc) is 1.60. The van der Waals surface area contributed by atoms with Crippen molar-refractivity contribution < 1.29 is 0 Å². The lowest BCUT2D eigenvalue weighted by molar-refractivity contribution is 0.590. The number of benzene rings is 8. The van der Waals surface area contributed by atoms with Gasteiger partial charge in [-0.1, -0.05) is 263 Å². The molecule has 0 bridgehead atoms. The van der Waals surface area contributed by atoms with E-state index in [9.17, 15) is 0 Å². The van der Waals surface area contributed by atoms with Gasteiger partial charge in [-0.15, -0.1) is 0 Å². The number of hydrogen-bond donors (Lipinski definition) is 4. The van der Waals surface area contributed by atoms with Crippen LogP contribution in [-0.2, 0) is 43.3 Å². The molecule has 4 aliphatic rings. The standard InChI is InChI=1S/C96H110N16/c1-89(2,3)59-25-41-67(42-26-59)97-81-82(98-68-43-27-60(28-44-68)90(4,5)6)106-77(105-81)57-75(79-109-85(101-71-49-33-63(34-50-71)93(13,14)15)86(110-79)102-72-51-35-64(36-52-72)94(16,17)18)76(80-111-87(103-73-53-37-65(38-54-73)95(19,20)21)88(112-80)104-74-55-39-66(40-56-74)96(22,23)24)58-78-107-83(99-69-45-29-61(30-46-69)91(7,8)9)84(108-78)100-70-47-31-62(32-48-70)92(10,11)12/h25-58H,1-24H3,(H,97,98,105,106)(H,99,100,107,108)(H,101,102,109,110)(H,103,104,111,112)/b75-57-,76-58+. The van der Waals surface area contributed by atoms with Gasteiger partial charge >= 0.3 is 0 Å². The molecule has 8 aromatic rings. The van der Waals surface area contributed by atoms with E-state index in [2.05, 4.69) is 333 Å². The molecule has 16 nitrogen and oxygen atoms in total. The van der Waals surface area contributed by atoms with Gasteiger partial charge in [0.05, 0.1) is 22.7 Å². The highest BCUT2D eigenvalue weighted by Crippen LogP contribution is 2.35. The second-order valence-corrected chi connectivity index (χ2v) is 37.5. The summed E-state index contributed by atoms with van der Waals surface area (Å²) < 4.78 is 0. The first kappa shape index (κ1) is 80.0. The third kappa shape index (κ3) is 20.0. The van der Waals surface area contributed by atoms with Gasteiger partial charge in [-0.3, -0.25) is 0 Å². The summed E-state index contributed by atoms with van der Waals surface area (Å²) in [6.45, 7) is 52.9. The Labute approximate surface area is 664 Å². The van der Waals surface area contributed by atoms with E-state index >= 15 is 0 Å². The highest BCUT2D eigenvalue weighted by molar-refractivity contribution is 6.56. The molecular formula is C96H110N16. The predicted octanol–water partition coefficient (Wildman–Crippen LogP) is 23.8. The zero-order valence-corrected chi connectivity index (χ0v) is 70.0. The molecule has 0 aromatic heterocycles. The quantitative estimate of drug-likeness (QED) is 0.0834. The van der Waals surface area contributed by atoms with E-state index in [1.807, 2.05) is 60.7 Å². The smallest absolute Gasteiger partial charge is 0.198 e. The molecule has 4 heterocycles. The Kier molecular flexibility index (Phi) is 22.1. The van der Waals surface area contributed by atoms with E-state index in [1.165, 1.54) is 33.4 Å². The first-order valence-electron chi connectivity index (χ1n) is 38.8. The molecule has 0 amide bonds. The maximum Gasteiger partial charge on any atom is 0.198 e. The summed E-state index contributed by atoms with van der Waals surface area (Å²) in [6.07, 6.45) is 3.72. The van der Waals surface area contributed by atoms with Gasteiger partial charge in [-0.2, -0.15) is 0 Å². The number of amidine groups is 12. The van der Waals surface area contributed by atoms with Gasteiger partial charge in [0.2, 0.25) is 0 Å². The van der Waals surface area contributed by atoms with Crippen LogP contribution in [0.3, 0.4) is 0 Å². The lowest BCUT2D eigenvalue weighted by Gasteiger charge is -2.19. The molecule has 0 saturated heterocycles. The summed E-state index contributed by atoms with van der Waals surface area (Å²) in [6, 6.07) is 66.7. The number of nitrogens with one attached hydrogen (secondary N) is 4. The van der Waals surface area contributed by atoms with Crippen molar-refractivity contribution in [2.24, 2.45) is 59.9 Å². The van der Waals surface area contributed by atoms with Crippen LogP contribution in [0.4, 0.5) is 45.5 Å². The monoisotopic (exact) mass is 1490 g/mol.